The van der Waals surface area contributed by atoms with Crippen LogP contribution < -0.4 is 10.2 Å². The summed E-state index contributed by atoms with van der Waals surface area (Å²) in [5, 5.41) is 10.0. The number of carbonyl (C=O) groups is 2. The molecule has 174 valence electrons. The quantitative estimate of drug-likeness (QED) is 0.409. The number of benzene rings is 2. The van der Waals surface area contributed by atoms with Gasteiger partial charge in [-0.3, -0.25) is 9.59 Å². The van der Waals surface area contributed by atoms with Crippen molar-refractivity contribution in [3.63, 3.8) is 0 Å². The second-order valence-corrected chi connectivity index (χ2v) is 9.87. The molecule has 0 saturated heterocycles. The molecule has 0 radical (unpaired) electrons. The number of imide groups is 1. The number of rotatable bonds is 6. The monoisotopic (exact) mass is 556 g/mol. The van der Waals surface area contributed by atoms with Gasteiger partial charge in [-0.05, 0) is 54.3 Å². The Labute approximate surface area is 213 Å². The van der Waals surface area contributed by atoms with Crippen LogP contribution in [0, 0.1) is 0 Å². The van der Waals surface area contributed by atoms with Gasteiger partial charge in [-0.15, -0.1) is 0 Å². The van der Waals surface area contributed by atoms with E-state index < -0.39 is 21.8 Å². The first kappa shape index (κ1) is 24.2. The molecule has 0 saturated carbocycles. The summed E-state index contributed by atoms with van der Waals surface area (Å²) in [4.78, 5) is 26.2. The molecule has 0 atom stereocenters. The highest BCUT2D eigenvalue weighted by atomic mass is 35.5. The zero-order valence-corrected chi connectivity index (χ0v) is 20.4. The van der Waals surface area contributed by atoms with Gasteiger partial charge in [0.1, 0.15) is 15.9 Å². The first-order valence-corrected chi connectivity index (χ1v) is 12.1. The van der Waals surface area contributed by atoms with E-state index in [1.165, 1.54) is 54.6 Å². The van der Waals surface area contributed by atoms with Crippen LogP contribution in [0.2, 0.25) is 15.2 Å². The molecule has 9 nitrogen and oxygen atoms in total. The van der Waals surface area contributed by atoms with Gasteiger partial charge in [0.25, 0.3) is 11.8 Å². The van der Waals surface area contributed by atoms with Gasteiger partial charge in [0.15, 0.2) is 0 Å². The van der Waals surface area contributed by atoms with Gasteiger partial charge in [0, 0.05) is 10.7 Å². The molecule has 1 aromatic heterocycles. The van der Waals surface area contributed by atoms with Crippen molar-refractivity contribution in [3.8, 4) is 0 Å². The Hall–Kier alpha value is -2.89. The van der Waals surface area contributed by atoms with Crippen molar-refractivity contribution in [2.24, 2.45) is 0 Å². The Morgan fingerprint density at radius 3 is 2.18 bits per heavy atom. The van der Waals surface area contributed by atoms with E-state index in [2.05, 4.69) is 20.2 Å². The molecule has 0 fully saturated rings. The van der Waals surface area contributed by atoms with Crippen molar-refractivity contribution in [3.05, 3.63) is 85.2 Å². The second-order valence-electron chi connectivity index (χ2n) is 6.66. The fourth-order valence-corrected chi connectivity index (χ4v) is 4.62. The first-order valence-electron chi connectivity index (χ1n) is 9.15. The van der Waals surface area contributed by atoms with Crippen LogP contribution in [0.15, 0.2) is 70.2 Å². The molecule has 2 aromatic carbocycles. The van der Waals surface area contributed by atoms with Crippen molar-refractivity contribution in [1.82, 2.24) is 10.2 Å². The largest absolute Gasteiger partial charge is 0.352 e. The smallest absolute Gasteiger partial charge is 0.283 e. The summed E-state index contributed by atoms with van der Waals surface area (Å²) in [5.41, 5.74) is 0.211. The highest BCUT2D eigenvalue weighted by molar-refractivity contribution is 7.94. The lowest BCUT2D eigenvalue weighted by Crippen LogP contribution is -2.32. The highest BCUT2D eigenvalue weighted by Gasteiger charge is 2.39. The molecule has 1 aliphatic heterocycles. The summed E-state index contributed by atoms with van der Waals surface area (Å²) in [5.74, 6) is -1.66. The number of nitrogens with one attached hydrogen (secondary N) is 1. The molecule has 0 bridgehead atoms. The fraction of sp³-hybridized carbons (Fsp3) is 0. The van der Waals surface area contributed by atoms with Crippen LogP contribution in [0.1, 0.15) is 0 Å². The third kappa shape index (κ3) is 4.82. The maximum atomic E-state index is 12.9. The number of halogens is 4. The number of hydrogen-bond acceptors (Lipinski definition) is 7. The number of sulfonamides is 1. The Morgan fingerprint density at radius 1 is 0.853 bits per heavy atom. The number of amides is 2. The van der Waals surface area contributed by atoms with Crippen LogP contribution in [0.4, 0.5) is 17.2 Å². The van der Waals surface area contributed by atoms with Crippen molar-refractivity contribution in [2.45, 2.75) is 4.90 Å². The average molecular weight is 558 g/mol. The summed E-state index contributed by atoms with van der Waals surface area (Å²) >= 11 is 23.7. The lowest BCUT2D eigenvalue weighted by molar-refractivity contribution is -0.120. The molecule has 1 N–H and O–H groups in total. The number of hydrogen-bond donors (Lipinski definition) is 1. The summed E-state index contributed by atoms with van der Waals surface area (Å²) in [6.45, 7) is 0. The number of nitrogens with zero attached hydrogens (tertiary/aromatic N) is 4. The van der Waals surface area contributed by atoms with E-state index in [-0.39, 0.29) is 37.3 Å². The van der Waals surface area contributed by atoms with E-state index in [1.807, 2.05) is 0 Å². The zero-order chi connectivity index (χ0) is 24.6. The lowest BCUT2D eigenvalue weighted by atomic mass is 10.3. The SMILES string of the molecule is O=C1C(Cl)=C(Nc2ccc(S(=O)(=O)[N-]c3ccc(Cl)nn3)cc2)C(=O)N1c1ccc(Cl)cc1Cl. The molecule has 2 heterocycles. The Kier molecular flexibility index (Phi) is 6.70. The summed E-state index contributed by atoms with van der Waals surface area (Å²) in [6, 6.07) is 12.2. The van der Waals surface area contributed by atoms with E-state index in [0.717, 1.165) is 4.90 Å². The van der Waals surface area contributed by atoms with Gasteiger partial charge in [-0.2, -0.15) is 0 Å². The zero-order valence-electron chi connectivity index (χ0n) is 16.5. The van der Waals surface area contributed by atoms with Crippen LogP contribution in [0.25, 0.3) is 4.72 Å². The van der Waals surface area contributed by atoms with Crippen LogP contribution >= 0.6 is 46.4 Å². The second kappa shape index (κ2) is 9.40. The van der Waals surface area contributed by atoms with Crippen LogP contribution in [-0.4, -0.2) is 30.4 Å². The molecule has 0 aliphatic carbocycles. The predicted octanol–water partition coefficient (Wildman–Crippen LogP) is 5.27. The minimum Gasteiger partial charge on any atom is -0.352 e. The normalized spacial score (nSPS) is 14.1. The molecule has 3 aromatic rings. The van der Waals surface area contributed by atoms with Crippen molar-refractivity contribution >= 4 is 85.4 Å². The van der Waals surface area contributed by atoms with E-state index in [1.54, 1.807) is 0 Å². The van der Waals surface area contributed by atoms with Gasteiger partial charge in [0.05, 0.1) is 15.6 Å². The minimum atomic E-state index is -4.09. The van der Waals surface area contributed by atoms with Crippen molar-refractivity contribution in [1.29, 1.82) is 0 Å². The Bertz CT molecular complexity index is 1440. The molecule has 0 spiro atoms. The molecule has 14 heteroatoms. The van der Waals surface area contributed by atoms with Crippen molar-refractivity contribution in [2.75, 3.05) is 10.2 Å². The van der Waals surface area contributed by atoms with Gasteiger partial charge in [-0.25, -0.2) is 18.4 Å². The maximum Gasteiger partial charge on any atom is 0.283 e. The summed E-state index contributed by atoms with van der Waals surface area (Å²) < 4.78 is 28.6. The number of anilines is 2. The van der Waals surface area contributed by atoms with Gasteiger partial charge < -0.3 is 15.1 Å². The lowest BCUT2D eigenvalue weighted by Gasteiger charge is -2.17. The minimum absolute atomic E-state index is 0.0867. The molecule has 2 amide bonds. The Morgan fingerprint density at radius 2 is 1.56 bits per heavy atom. The average Bonchev–Trinajstić information content (AvgIpc) is 2.99. The third-order valence-corrected chi connectivity index (χ3v) is 6.82. The maximum absolute atomic E-state index is 12.9. The first-order chi connectivity index (χ1) is 16.1. The summed E-state index contributed by atoms with van der Waals surface area (Å²) in [7, 11) is -4.09. The van der Waals surface area contributed by atoms with E-state index >= 15 is 0 Å². The van der Waals surface area contributed by atoms with Gasteiger partial charge in [-0.1, -0.05) is 52.5 Å². The standard InChI is InChI=1S/C20H11Cl4N5O4S/c21-10-1-6-14(13(22)9-10)29-19(30)17(24)18(20(29)31)25-11-2-4-12(5-3-11)34(32,33)28-16-8-7-15(23)26-27-16/h1-9H,(H2,25,27,28,30)/p-1. The van der Waals surface area contributed by atoms with Gasteiger partial charge in [0.2, 0.25) is 10.0 Å². The molecule has 0 unspecified atom stereocenters. The molecule has 1 aliphatic rings. The molecule has 34 heavy (non-hydrogen) atoms. The molecular formula is C20H10Cl4N5O4S-. The predicted molar refractivity (Wildman–Crippen MR) is 129 cm³/mol. The number of aromatic nitrogens is 2. The van der Waals surface area contributed by atoms with E-state index in [0.29, 0.717) is 10.7 Å². The van der Waals surface area contributed by atoms with Crippen LogP contribution in [0.3, 0.4) is 0 Å². The molecule has 4 rings (SSSR count). The van der Waals surface area contributed by atoms with Crippen LogP contribution in [-0.2, 0) is 19.6 Å². The van der Waals surface area contributed by atoms with Crippen LogP contribution in [0.5, 0.6) is 0 Å². The van der Waals surface area contributed by atoms with E-state index in [9.17, 15) is 18.0 Å². The third-order valence-electron chi connectivity index (χ3n) is 4.43. The van der Waals surface area contributed by atoms with Gasteiger partial charge >= 0.3 is 0 Å². The molecular weight excluding hydrogens is 548 g/mol. The highest BCUT2D eigenvalue weighted by Crippen LogP contribution is 2.36. The van der Waals surface area contributed by atoms with Crippen molar-refractivity contribution < 1.29 is 18.0 Å². The fourth-order valence-electron chi connectivity index (χ4n) is 2.88. The topological polar surface area (TPSA) is 123 Å². The summed E-state index contributed by atoms with van der Waals surface area (Å²) in [6.07, 6.45) is 0. The number of carbonyl (C=O) groups excluding carboxylic acids is 2. The van der Waals surface area contributed by atoms with E-state index in [4.69, 9.17) is 46.4 Å². The Balaban J connectivity index is 1.53.